The van der Waals surface area contributed by atoms with Gasteiger partial charge in [0, 0.05) is 17.1 Å². The predicted molar refractivity (Wildman–Crippen MR) is 102 cm³/mol. The predicted octanol–water partition coefficient (Wildman–Crippen LogP) is 4.15. The van der Waals surface area contributed by atoms with Crippen LogP contribution in [0, 0.1) is 0 Å². The molecule has 4 rings (SSSR count). The minimum absolute atomic E-state index is 0.734. The zero-order chi connectivity index (χ0) is 17.2. The Bertz CT molecular complexity index is 871. The average Bonchev–Trinajstić information content (AvgIpc) is 3.26. The van der Waals surface area contributed by atoms with Gasteiger partial charge < -0.3 is 0 Å². The van der Waals surface area contributed by atoms with Crippen molar-refractivity contribution in [1.82, 2.24) is 24.7 Å². The van der Waals surface area contributed by atoms with Gasteiger partial charge in [-0.15, -0.1) is 10.2 Å². The summed E-state index contributed by atoms with van der Waals surface area (Å²) < 4.78 is 1.85. The van der Waals surface area contributed by atoms with E-state index in [4.69, 9.17) is 16.7 Å². The highest BCUT2D eigenvalue weighted by Crippen LogP contribution is 2.27. The van der Waals surface area contributed by atoms with Gasteiger partial charge in [-0.1, -0.05) is 42.4 Å². The Labute approximate surface area is 156 Å². The van der Waals surface area contributed by atoms with E-state index in [1.807, 2.05) is 28.8 Å². The lowest BCUT2D eigenvalue weighted by atomic mass is 10.1. The molecule has 0 bridgehead atoms. The van der Waals surface area contributed by atoms with Crippen molar-refractivity contribution in [2.24, 2.45) is 0 Å². The third-order valence-corrected chi connectivity index (χ3v) is 5.48. The Kier molecular flexibility index (Phi) is 4.92. The van der Waals surface area contributed by atoms with Gasteiger partial charge in [0.1, 0.15) is 0 Å². The smallest absolute Gasteiger partial charge is 0.212 e. The van der Waals surface area contributed by atoms with Gasteiger partial charge in [-0.25, -0.2) is 0 Å². The zero-order valence-corrected chi connectivity index (χ0v) is 15.7. The summed E-state index contributed by atoms with van der Waals surface area (Å²) in [7, 11) is 0. The van der Waals surface area contributed by atoms with Crippen LogP contribution in [-0.2, 0) is 6.54 Å². The molecule has 1 saturated heterocycles. The van der Waals surface area contributed by atoms with Gasteiger partial charge in [-0.3, -0.25) is 4.90 Å². The van der Waals surface area contributed by atoms with Crippen LogP contribution in [0.15, 0.2) is 35.5 Å². The van der Waals surface area contributed by atoms with Crippen molar-refractivity contribution in [3.05, 3.63) is 40.9 Å². The van der Waals surface area contributed by atoms with Crippen molar-refractivity contribution in [1.29, 1.82) is 0 Å². The summed E-state index contributed by atoms with van der Waals surface area (Å²) in [5.41, 5.74) is 4.05. The van der Waals surface area contributed by atoms with Gasteiger partial charge in [0.15, 0.2) is 5.65 Å². The van der Waals surface area contributed by atoms with Crippen LogP contribution in [0.2, 0.25) is 5.02 Å². The summed E-state index contributed by atoms with van der Waals surface area (Å²) in [6.45, 7) is 5.29. The first-order chi connectivity index (χ1) is 12.2. The summed E-state index contributed by atoms with van der Waals surface area (Å²) >= 11 is 7.72. The molecular weight excluding hydrogens is 354 g/mol. The molecule has 0 aliphatic carbocycles. The molecule has 3 heterocycles. The number of hydrogen-bond donors (Lipinski definition) is 0. The molecule has 1 aliphatic rings. The van der Waals surface area contributed by atoms with Gasteiger partial charge in [0.05, 0.1) is 5.69 Å². The molecule has 7 heteroatoms. The molecule has 3 aromatic rings. The third kappa shape index (κ3) is 3.52. The van der Waals surface area contributed by atoms with Crippen molar-refractivity contribution < 1.29 is 0 Å². The lowest BCUT2D eigenvalue weighted by Gasteiger charge is -2.17. The van der Waals surface area contributed by atoms with Crippen molar-refractivity contribution in [2.75, 3.05) is 18.8 Å². The number of fused-ring (bicyclic) bond motifs is 1. The fourth-order valence-corrected chi connectivity index (χ4v) is 3.96. The largest absolute Gasteiger partial charge is 0.299 e. The molecular formula is C18H20ClN5S. The van der Waals surface area contributed by atoms with Crippen molar-refractivity contribution in [2.45, 2.75) is 31.5 Å². The number of nitrogens with zero attached hydrogens (tertiary/aromatic N) is 5. The van der Waals surface area contributed by atoms with Gasteiger partial charge >= 0.3 is 0 Å². The average molecular weight is 374 g/mol. The van der Waals surface area contributed by atoms with E-state index >= 15 is 0 Å². The lowest BCUT2D eigenvalue weighted by molar-refractivity contribution is 0.331. The second-order valence-electron chi connectivity index (χ2n) is 6.19. The summed E-state index contributed by atoms with van der Waals surface area (Å²) in [6, 6.07) is 10.0. The maximum atomic E-state index is 6.06. The van der Waals surface area contributed by atoms with E-state index in [0.717, 1.165) is 52.5 Å². The first kappa shape index (κ1) is 16.8. The van der Waals surface area contributed by atoms with Crippen LogP contribution in [0.3, 0.4) is 0 Å². The van der Waals surface area contributed by atoms with E-state index in [1.54, 1.807) is 11.8 Å². The highest BCUT2D eigenvalue weighted by molar-refractivity contribution is 7.99. The van der Waals surface area contributed by atoms with Crippen LogP contribution in [0.4, 0.5) is 0 Å². The Morgan fingerprint density at radius 1 is 1.12 bits per heavy atom. The molecule has 2 aromatic heterocycles. The molecule has 0 spiro atoms. The minimum Gasteiger partial charge on any atom is -0.299 e. The van der Waals surface area contributed by atoms with E-state index in [0.29, 0.717) is 0 Å². The van der Waals surface area contributed by atoms with E-state index in [9.17, 15) is 0 Å². The molecule has 0 N–H and O–H groups in total. The highest BCUT2D eigenvalue weighted by Gasteiger charge is 2.18. The second kappa shape index (κ2) is 7.32. The molecule has 1 aliphatic heterocycles. The molecule has 5 nitrogen and oxygen atoms in total. The first-order valence-electron chi connectivity index (χ1n) is 8.61. The number of aromatic nitrogens is 4. The summed E-state index contributed by atoms with van der Waals surface area (Å²) in [4.78, 5) is 2.48. The Morgan fingerprint density at radius 3 is 2.60 bits per heavy atom. The summed E-state index contributed by atoms with van der Waals surface area (Å²) in [5.74, 6) is 0.939. The first-order valence-corrected chi connectivity index (χ1v) is 9.97. The van der Waals surface area contributed by atoms with Crippen LogP contribution in [0.25, 0.3) is 16.9 Å². The van der Waals surface area contributed by atoms with Crippen LogP contribution in [-0.4, -0.2) is 43.6 Å². The molecule has 1 aromatic carbocycles. The van der Waals surface area contributed by atoms with E-state index in [1.165, 1.54) is 18.4 Å². The topological polar surface area (TPSA) is 46.3 Å². The number of rotatable bonds is 5. The maximum absolute atomic E-state index is 6.06. The number of likely N-dealkylation sites (tertiary alicyclic amines) is 1. The number of halogens is 1. The van der Waals surface area contributed by atoms with Crippen molar-refractivity contribution >= 4 is 29.0 Å². The van der Waals surface area contributed by atoms with Crippen LogP contribution in [0.1, 0.15) is 25.3 Å². The summed E-state index contributed by atoms with van der Waals surface area (Å²) in [6.07, 6.45) is 2.54. The number of benzene rings is 1. The third-order valence-electron chi connectivity index (χ3n) is 4.43. The monoisotopic (exact) mass is 373 g/mol. The van der Waals surface area contributed by atoms with E-state index in [2.05, 4.69) is 28.1 Å². The molecule has 0 atom stereocenters. The van der Waals surface area contributed by atoms with E-state index < -0.39 is 0 Å². The normalized spacial score (nSPS) is 15.3. The minimum atomic E-state index is 0.734. The van der Waals surface area contributed by atoms with Gasteiger partial charge in [0.2, 0.25) is 5.16 Å². The van der Waals surface area contributed by atoms with Crippen molar-refractivity contribution in [3.63, 3.8) is 0 Å². The highest BCUT2D eigenvalue weighted by atomic mass is 35.5. The molecule has 130 valence electrons. The molecule has 1 fully saturated rings. The Balaban J connectivity index is 1.82. The number of thioether (sulfide) groups is 1. The summed E-state index contributed by atoms with van der Waals surface area (Å²) in [5, 5.41) is 15.1. The van der Waals surface area contributed by atoms with Gasteiger partial charge in [-0.2, -0.15) is 9.61 Å². The standard InChI is InChI=1S/C18H20ClN5S/c1-2-25-18-21-20-16-11-14(12-23-9-3-4-10-23)17(22-24(16)18)13-5-7-15(19)8-6-13/h5-8,11H,2-4,9-10,12H2,1H3. The van der Waals surface area contributed by atoms with Crippen molar-refractivity contribution in [3.8, 4) is 11.3 Å². The van der Waals surface area contributed by atoms with Crippen LogP contribution >= 0.6 is 23.4 Å². The molecule has 0 saturated carbocycles. The van der Waals surface area contributed by atoms with Gasteiger partial charge in [-0.05, 0) is 55.4 Å². The Morgan fingerprint density at radius 2 is 1.88 bits per heavy atom. The fraction of sp³-hybridized carbons (Fsp3) is 0.389. The zero-order valence-electron chi connectivity index (χ0n) is 14.2. The lowest BCUT2D eigenvalue weighted by Crippen LogP contribution is -2.19. The molecule has 0 radical (unpaired) electrons. The quantitative estimate of drug-likeness (QED) is 0.628. The van der Waals surface area contributed by atoms with E-state index in [-0.39, 0.29) is 0 Å². The second-order valence-corrected chi connectivity index (χ2v) is 7.86. The van der Waals surface area contributed by atoms with Crippen LogP contribution < -0.4 is 0 Å². The fourth-order valence-electron chi connectivity index (χ4n) is 3.22. The van der Waals surface area contributed by atoms with Crippen LogP contribution in [0.5, 0.6) is 0 Å². The SMILES string of the molecule is CCSc1nnc2cc(CN3CCCC3)c(-c3ccc(Cl)cc3)nn12. The molecule has 0 unspecified atom stereocenters. The molecule has 0 amide bonds. The Hall–Kier alpha value is -1.63. The molecule has 25 heavy (non-hydrogen) atoms. The maximum Gasteiger partial charge on any atom is 0.212 e. The number of hydrogen-bond acceptors (Lipinski definition) is 5. The van der Waals surface area contributed by atoms with Gasteiger partial charge in [0.25, 0.3) is 0 Å².